The van der Waals surface area contributed by atoms with Gasteiger partial charge in [0.1, 0.15) is 0 Å². The Morgan fingerprint density at radius 1 is 1.33 bits per heavy atom. The fourth-order valence-corrected chi connectivity index (χ4v) is 3.76. The van der Waals surface area contributed by atoms with Crippen molar-refractivity contribution in [3.8, 4) is 0 Å². The lowest BCUT2D eigenvalue weighted by Crippen LogP contribution is -2.15. The lowest BCUT2D eigenvalue weighted by atomic mass is 10.2. The van der Waals surface area contributed by atoms with Gasteiger partial charge < -0.3 is 4.57 Å². The molecule has 6 nitrogen and oxygen atoms in total. The molecule has 27 heavy (non-hydrogen) atoms. The first kappa shape index (κ1) is 18.5. The number of nitro groups is 1. The second kappa shape index (κ2) is 7.92. The molecule has 0 fully saturated rings. The molecule has 136 valence electrons. The van der Waals surface area contributed by atoms with E-state index in [9.17, 15) is 14.9 Å². The Morgan fingerprint density at radius 3 is 2.89 bits per heavy atom. The first-order valence-corrected chi connectivity index (χ1v) is 9.01. The van der Waals surface area contributed by atoms with Crippen molar-refractivity contribution in [1.82, 2.24) is 4.57 Å². The standard InChI is InChI=1S/C20H17N3O3S/c1-3-11-22-17-9-7-14(2)12-18(17)27-20(22)21-19(24)10-8-15-5-4-6-16(13-15)23(25)26/h3-10,12-13H,1,11H2,2H3. The maximum absolute atomic E-state index is 12.3. The van der Waals surface area contributed by atoms with Crippen LogP contribution in [-0.4, -0.2) is 15.4 Å². The second-order valence-corrected chi connectivity index (χ2v) is 6.90. The number of hydrogen-bond donors (Lipinski definition) is 0. The van der Waals surface area contributed by atoms with E-state index in [4.69, 9.17) is 0 Å². The van der Waals surface area contributed by atoms with Crippen LogP contribution in [0.25, 0.3) is 16.3 Å². The van der Waals surface area contributed by atoms with E-state index >= 15 is 0 Å². The van der Waals surface area contributed by atoms with Crippen molar-refractivity contribution in [2.75, 3.05) is 0 Å². The van der Waals surface area contributed by atoms with Crippen molar-refractivity contribution in [2.45, 2.75) is 13.5 Å². The van der Waals surface area contributed by atoms with Gasteiger partial charge in [-0.2, -0.15) is 4.99 Å². The number of thiazole rings is 1. The summed E-state index contributed by atoms with van der Waals surface area (Å²) in [6.07, 6.45) is 4.59. The molecular weight excluding hydrogens is 362 g/mol. The normalized spacial score (nSPS) is 12.0. The van der Waals surface area contributed by atoms with Crippen molar-refractivity contribution >= 4 is 39.2 Å². The molecule has 0 unspecified atom stereocenters. The summed E-state index contributed by atoms with van der Waals surface area (Å²) in [7, 11) is 0. The Bertz CT molecular complexity index is 1140. The summed E-state index contributed by atoms with van der Waals surface area (Å²) in [5.74, 6) is -0.428. The number of nitrogens with zero attached hydrogens (tertiary/aromatic N) is 3. The van der Waals surface area contributed by atoms with E-state index in [0.717, 1.165) is 15.8 Å². The highest BCUT2D eigenvalue weighted by Gasteiger charge is 2.07. The van der Waals surface area contributed by atoms with Crippen LogP contribution >= 0.6 is 11.3 Å². The number of carbonyl (C=O) groups excluding carboxylic acids is 1. The Morgan fingerprint density at radius 2 is 2.15 bits per heavy atom. The van der Waals surface area contributed by atoms with Gasteiger partial charge in [-0.15, -0.1) is 6.58 Å². The van der Waals surface area contributed by atoms with Crippen LogP contribution in [0.2, 0.25) is 0 Å². The monoisotopic (exact) mass is 379 g/mol. The molecule has 0 saturated heterocycles. The van der Waals surface area contributed by atoms with Crippen LogP contribution in [0.15, 0.2) is 66.2 Å². The van der Waals surface area contributed by atoms with Gasteiger partial charge >= 0.3 is 0 Å². The van der Waals surface area contributed by atoms with Crippen LogP contribution in [0.5, 0.6) is 0 Å². The number of allylic oxidation sites excluding steroid dienone is 1. The average molecular weight is 379 g/mol. The summed E-state index contributed by atoms with van der Waals surface area (Å²) in [6, 6.07) is 12.2. The first-order chi connectivity index (χ1) is 13.0. The molecule has 0 saturated carbocycles. The fraction of sp³-hybridized carbons (Fsp3) is 0.100. The van der Waals surface area contributed by atoms with Gasteiger partial charge in [0.25, 0.3) is 11.6 Å². The van der Waals surface area contributed by atoms with E-state index < -0.39 is 10.8 Å². The largest absolute Gasteiger partial charge is 0.312 e. The van der Waals surface area contributed by atoms with E-state index in [1.165, 1.54) is 35.6 Å². The Balaban J connectivity index is 1.95. The van der Waals surface area contributed by atoms with Crippen LogP contribution in [0, 0.1) is 17.0 Å². The number of aryl methyl sites for hydroxylation is 1. The number of carbonyl (C=O) groups is 1. The minimum atomic E-state index is -0.471. The van der Waals surface area contributed by atoms with Gasteiger partial charge in [-0.3, -0.25) is 14.9 Å². The molecule has 1 heterocycles. The maximum atomic E-state index is 12.3. The molecule has 0 spiro atoms. The Hall–Kier alpha value is -3.32. The number of nitro benzene ring substituents is 1. The molecule has 0 aliphatic carbocycles. The highest BCUT2D eigenvalue weighted by Crippen LogP contribution is 2.19. The van der Waals surface area contributed by atoms with Crippen LogP contribution in [-0.2, 0) is 11.3 Å². The molecule has 1 aromatic heterocycles. The Labute approximate surface area is 159 Å². The molecule has 0 atom stereocenters. The van der Waals surface area contributed by atoms with Crippen molar-refractivity contribution < 1.29 is 9.72 Å². The fourth-order valence-electron chi connectivity index (χ4n) is 2.61. The SMILES string of the molecule is C=CCn1c(=NC(=O)C=Cc2cccc([N+](=O)[O-])c2)sc2cc(C)ccc21. The van der Waals surface area contributed by atoms with E-state index in [0.29, 0.717) is 16.9 Å². The summed E-state index contributed by atoms with van der Waals surface area (Å²) in [5.41, 5.74) is 2.68. The lowest BCUT2D eigenvalue weighted by Gasteiger charge is -2.00. The smallest absolute Gasteiger partial charge is 0.272 e. The zero-order valence-corrected chi connectivity index (χ0v) is 15.5. The summed E-state index contributed by atoms with van der Waals surface area (Å²) in [5, 5.41) is 10.8. The van der Waals surface area contributed by atoms with Gasteiger partial charge in [0, 0.05) is 24.8 Å². The number of amides is 1. The number of rotatable bonds is 5. The third-order valence-electron chi connectivity index (χ3n) is 3.86. The van der Waals surface area contributed by atoms with E-state index in [-0.39, 0.29) is 5.69 Å². The summed E-state index contributed by atoms with van der Waals surface area (Å²) >= 11 is 1.44. The minimum absolute atomic E-state index is 0.0229. The molecule has 3 aromatic rings. The van der Waals surface area contributed by atoms with E-state index in [2.05, 4.69) is 17.6 Å². The lowest BCUT2D eigenvalue weighted by molar-refractivity contribution is -0.384. The molecule has 3 rings (SSSR count). The van der Waals surface area contributed by atoms with Gasteiger partial charge in [-0.05, 0) is 36.3 Å². The highest BCUT2D eigenvalue weighted by molar-refractivity contribution is 7.16. The summed E-state index contributed by atoms with van der Waals surface area (Å²) < 4.78 is 2.98. The maximum Gasteiger partial charge on any atom is 0.272 e. The zero-order valence-electron chi connectivity index (χ0n) is 14.7. The van der Waals surface area contributed by atoms with E-state index in [1.54, 1.807) is 18.2 Å². The number of non-ortho nitro benzene ring substituents is 1. The number of aromatic nitrogens is 1. The van der Waals surface area contributed by atoms with Crippen LogP contribution in [0.1, 0.15) is 11.1 Å². The molecule has 7 heteroatoms. The minimum Gasteiger partial charge on any atom is -0.312 e. The number of hydrogen-bond acceptors (Lipinski definition) is 4. The van der Waals surface area contributed by atoms with Gasteiger partial charge in [-0.25, -0.2) is 0 Å². The predicted molar refractivity (Wildman–Crippen MR) is 107 cm³/mol. The Kier molecular flexibility index (Phi) is 5.42. The van der Waals surface area contributed by atoms with Gasteiger partial charge in [0.15, 0.2) is 4.80 Å². The van der Waals surface area contributed by atoms with Gasteiger partial charge in [-0.1, -0.05) is 35.6 Å². The van der Waals surface area contributed by atoms with Crippen molar-refractivity contribution in [2.24, 2.45) is 4.99 Å². The van der Waals surface area contributed by atoms with Crippen LogP contribution in [0.4, 0.5) is 5.69 Å². The highest BCUT2D eigenvalue weighted by atomic mass is 32.1. The number of fused-ring (bicyclic) bond motifs is 1. The zero-order chi connectivity index (χ0) is 19.4. The van der Waals surface area contributed by atoms with Crippen molar-refractivity contribution in [3.63, 3.8) is 0 Å². The summed E-state index contributed by atoms with van der Waals surface area (Å²) in [4.78, 5) is 27.4. The molecule has 0 aliphatic heterocycles. The van der Waals surface area contributed by atoms with Crippen molar-refractivity contribution in [1.29, 1.82) is 0 Å². The average Bonchev–Trinajstić information content (AvgIpc) is 2.97. The summed E-state index contributed by atoms with van der Waals surface area (Å²) in [6.45, 7) is 6.33. The number of benzene rings is 2. The van der Waals surface area contributed by atoms with Gasteiger partial charge in [0.2, 0.25) is 0 Å². The first-order valence-electron chi connectivity index (χ1n) is 8.20. The van der Waals surface area contributed by atoms with Crippen LogP contribution < -0.4 is 4.80 Å². The van der Waals surface area contributed by atoms with Gasteiger partial charge in [0.05, 0.1) is 15.1 Å². The molecule has 0 radical (unpaired) electrons. The molecule has 0 N–H and O–H groups in total. The third-order valence-corrected chi connectivity index (χ3v) is 4.90. The quantitative estimate of drug-likeness (QED) is 0.288. The van der Waals surface area contributed by atoms with Crippen LogP contribution in [0.3, 0.4) is 0 Å². The molecule has 0 aliphatic rings. The predicted octanol–water partition coefficient (Wildman–Crippen LogP) is 4.25. The molecular formula is C20H17N3O3S. The van der Waals surface area contributed by atoms with E-state index in [1.807, 2.05) is 23.6 Å². The third kappa shape index (κ3) is 4.27. The molecule has 2 aromatic carbocycles. The molecule has 0 bridgehead atoms. The second-order valence-electron chi connectivity index (χ2n) is 5.89. The molecule has 1 amide bonds. The topological polar surface area (TPSA) is 77.5 Å². The van der Waals surface area contributed by atoms with Crippen molar-refractivity contribution in [3.05, 3.63) is 87.2 Å².